The summed E-state index contributed by atoms with van der Waals surface area (Å²) in [5, 5.41) is 21.8. The van der Waals surface area contributed by atoms with E-state index in [1.165, 1.54) is 0 Å². The number of carboxylic acids is 1. The summed E-state index contributed by atoms with van der Waals surface area (Å²) in [6.45, 7) is 1.97. The highest BCUT2D eigenvalue weighted by Gasteiger charge is 2.30. The largest absolute Gasteiger partial charge is 0.481 e. The van der Waals surface area contributed by atoms with Crippen LogP contribution in [0.15, 0.2) is 36.5 Å². The van der Waals surface area contributed by atoms with Crippen molar-refractivity contribution in [1.29, 1.82) is 0 Å². The molecule has 29 heavy (non-hydrogen) atoms. The molecule has 0 radical (unpaired) electrons. The van der Waals surface area contributed by atoms with E-state index in [0.29, 0.717) is 30.0 Å². The molecule has 9 nitrogen and oxygen atoms in total. The summed E-state index contributed by atoms with van der Waals surface area (Å²) in [4.78, 5) is 24.6. The number of pyridine rings is 1. The van der Waals surface area contributed by atoms with Crippen LogP contribution in [0.5, 0.6) is 0 Å². The third kappa shape index (κ3) is 3.24. The minimum Gasteiger partial charge on any atom is -0.481 e. The Morgan fingerprint density at radius 1 is 1.17 bits per heavy atom. The molecule has 1 aliphatic rings. The Kier molecular flexibility index (Phi) is 4.08. The van der Waals surface area contributed by atoms with Crippen molar-refractivity contribution in [3.8, 4) is 5.69 Å². The lowest BCUT2D eigenvalue weighted by Gasteiger charge is -2.12. The number of rotatable bonds is 4. The van der Waals surface area contributed by atoms with Gasteiger partial charge in [0.25, 0.3) is 0 Å². The number of anilines is 1. The van der Waals surface area contributed by atoms with Crippen LogP contribution in [0.1, 0.15) is 25.0 Å². The van der Waals surface area contributed by atoms with Crippen LogP contribution in [-0.2, 0) is 4.79 Å². The monoisotopic (exact) mass is 389 g/mol. The minimum absolute atomic E-state index is 0.0489. The van der Waals surface area contributed by atoms with Crippen molar-refractivity contribution < 1.29 is 9.90 Å². The van der Waals surface area contributed by atoms with Crippen LogP contribution < -0.4 is 5.32 Å². The van der Waals surface area contributed by atoms with Gasteiger partial charge in [0.2, 0.25) is 5.95 Å². The van der Waals surface area contributed by atoms with Gasteiger partial charge in [-0.05, 0) is 50.5 Å². The highest BCUT2D eigenvalue weighted by molar-refractivity contribution is 5.82. The van der Waals surface area contributed by atoms with Crippen molar-refractivity contribution in [3.05, 3.63) is 42.2 Å². The number of aryl methyl sites for hydroxylation is 1. The molecular formula is C20H19N7O2. The van der Waals surface area contributed by atoms with Gasteiger partial charge in [0, 0.05) is 17.1 Å². The van der Waals surface area contributed by atoms with Gasteiger partial charge >= 0.3 is 5.97 Å². The molecule has 0 aliphatic heterocycles. The van der Waals surface area contributed by atoms with E-state index in [1.54, 1.807) is 10.9 Å². The summed E-state index contributed by atoms with van der Waals surface area (Å²) in [5.74, 6) is -0.595. The van der Waals surface area contributed by atoms with Crippen LogP contribution in [0.25, 0.3) is 27.8 Å². The molecule has 5 rings (SSSR count). The number of hydrogen-bond donors (Lipinski definition) is 2. The van der Waals surface area contributed by atoms with E-state index >= 15 is 0 Å². The van der Waals surface area contributed by atoms with E-state index in [4.69, 9.17) is 0 Å². The molecule has 3 aromatic heterocycles. The number of hydrogen-bond acceptors (Lipinski definition) is 7. The Labute approximate surface area is 165 Å². The fraction of sp³-hybridized carbons (Fsp3) is 0.300. The number of carbonyl (C=O) groups is 1. The lowest BCUT2D eigenvalue weighted by molar-refractivity contribution is -0.141. The molecule has 2 atom stereocenters. The Hall–Kier alpha value is -3.62. The molecule has 1 fully saturated rings. The Morgan fingerprint density at radius 3 is 2.90 bits per heavy atom. The molecule has 3 heterocycles. The number of aromatic nitrogens is 6. The SMILES string of the molecule is Cc1ccc2cc(-n3nnc4cnc(NC5CCC(C(=O)O)C5)nc43)ccc2n1. The quantitative estimate of drug-likeness (QED) is 0.547. The Morgan fingerprint density at radius 2 is 2.07 bits per heavy atom. The number of fused-ring (bicyclic) bond motifs is 2. The van der Waals surface area contributed by atoms with Gasteiger partial charge in [-0.1, -0.05) is 11.3 Å². The van der Waals surface area contributed by atoms with E-state index in [-0.39, 0.29) is 12.0 Å². The summed E-state index contributed by atoms with van der Waals surface area (Å²) >= 11 is 0. The van der Waals surface area contributed by atoms with Crippen molar-refractivity contribution in [3.63, 3.8) is 0 Å². The van der Waals surface area contributed by atoms with Gasteiger partial charge in [-0.25, -0.2) is 4.98 Å². The molecule has 0 spiro atoms. The first-order valence-electron chi connectivity index (χ1n) is 9.52. The predicted octanol–water partition coefficient (Wildman–Crippen LogP) is 2.73. The average molecular weight is 389 g/mol. The van der Waals surface area contributed by atoms with E-state index in [1.807, 2.05) is 37.3 Å². The number of carboxylic acid groups (broad SMARTS) is 1. The molecule has 9 heteroatoms. The molecule has 1 aromatic carbocycles. The maximum absolute atomic E-state index is 11.2. The normalized spacial score (nSPS) is 19.1. The van der Waals surface area contributed by atoms with Crippen LogP contribution in [0.4, 0.5) is 5.95 Å². The first-order valence-corrected chi connectivity index (χ1v) is 9.52. The van der Waals surface area contributed by atoms with Crippen LogP contribution in [0, 0.1) is 12.8 Å². The van der Waals surface area contributed by atoms with E-state index in [0.717, 1.165) is 28.7 Å². The predicted molar refractivity (Wildman–Crippen MR) is 107 cm³/mol. The highest BCUT2D eigenvalue weighted by Crippen LogP contribution is 2.28. The third-order valence-corrected chi connectivity index (χ3v) is 5.36. The zero-order valence-corrected chi connectivity index (χ0v) is 15.8. The van der Waals surface area contributed by atoms with E-state index in [9.17, 15) is 9.90 Å². The summed E-state index contributed by atoms with van der Waals surface area (Å²) in [6, 6.07) is 9.94. The van der Waals surface area contributed by atoms with Gasteiger partial charge in [-0.15, -0.1) is 5.10 Å². The summed E-state index contributed by atoms with van der Waals surface area (Å²) in [5.41, 5.74) is 3.91. The number of nitrogens with one attached hydrogen (secondary N) is 1. The van der Waals surface area contributed by atoms with Gasteiger partial charge in [0.15, 0.2) is 11.2 Å². The van der Waals surface area contributed by atoms with Crippen LogP contribution in [0.2, 0.25) is 0 Å². The molecule has 0 saturated heterocycles. The van der Waals surface area contributed by atoms with Crippen LogP contribution >= 0.6 is 0 Å². The molecule has 0 bridgehead atoms. The topological polar surface area (TPSA) is 119 Å². The van der Waals surface area contributed by atoms with E-state index < -0.39 is 5.97 Å². The molecule has 2 N–H and O–H groups in total. The lowest BCUT2D eigenvalue weighted by atomic mass is 10.1. The molecule has 1 saturated carbocycles. The van der Waals surface area contributed by atoms with Crippen LogP contribution in [-0.4, -0.2) is 47.1 Å². The number of aliphatic carboxylic acids is 1. The maximum Gasteiger partial charge on any atom is 0.306 e. The van der Waals surface area contributed by atoms with Crippen molar-refractivity contribution in [2.75, 3.05) is 5.32 Å². The fourth-order valence-corrected chi connectivity index (χ4v) is 3.84. The average Bonchev–Trinajstić information content (AvgIpc) is 3.34. The molecule has 0 amide bonds. The van der Waals surface area contributed by atoms with Crippen molar-refractivity contribution in [1.82, 2.24) is 29.9 Å². The highest BCUT2D eigenvalue weighted by atomic mass is 16.4. The molecular weight excluding hydrogens is 370 g/mol. The van der Waals surface area contributed by atoms with Gasteiger partial charge in [0.1, 0.15) is 0 Å². The van der Waals surface area contributed by atoms with Crippen molar-refractivity contribution in [2.24, 2.45) is 5.92 Å². The molecule has 2 unspecified atom stereocenters. The van der Waals surface area contributed by atoms with Gasteiger partial charge in [-0.3, -0.25) is 9.78 Å². The molecule has 4 aromatic rings. The molecule has 146 valence electrons. The zero-order valence-electron chi connectivity index (χ0n) is 15.8. The third-order valence-electron chi connectivity index (χ3n) is 5.36. The maximum atomic E-state index is 11.2. The summed E-state index contributed by atoms with van der Waals surface area (Å²) in [6.07, 6.45) is 3.65. The summed E-state index contributed by atoms with van der Waals surface area (Å²) in [7, 11) is 0. The Balaban J connectivity index is 1.47. The van der Waals surface area contributed by atoms with E-state index in [2.05, 4.69) is 30.6 Å². The number of benzene rings is 1. The fourth-order valence-electron chi connectivity index (χ4n) is 3.84. The van der Waals surface area contributed by atoms with Gasteiger partial charge in [-0.2, -0.15) is 9.67 Å². The Bertz CT molecular complexity index is 1240. The van der Waals surface area contributed by atoms with Gasteiger partial charge in [0.05, 0.1) is 23.3 Å². The van der Waals surface area contributed by atoms with Gasteiger partial charge < -0.3 is 10.4 Å². The second-order valence-corrected chi connectivity index (χ2v) is 7.42. The number of nitrogens with zero attached hydrogens (tertiary/aromatic N) is 6. The van der Waals surface area contributed by atoms with Crippen LogP contribution in [0.3, 0.4) is 0 Å². The second kappa shape index (κ2) is 6.77. The second-order valence-electron chi connectivity index (χ2n) is 7.42. The van der Waals surface area contributed by atoms with Crippen molar-refractivity contribution in [2.45, 2.75) is 32.2 Å². The minimum atomic E-state index is -0.742. The molecule has 1 aliphatic carbocycles. The zero-order chi connectivity index (χ0) is 20.0. The lowest BCUT2D eigenvalue weighted by Crippen LogP contribution is -2.19. The first-order chi connectivity index (χ1) is 14.1. The van der Waals surface area contributed by atoms with Crippen molar-refractivity contribution >= 4 is 34.0 Å². The smallest absolute Gasteiger partial charge is 0.306 e. The first kappa shape index (κ1) is 17.5. The summed E-state index contributed by atoms with van der Waals surface area (Å²) < 4.78 is 1.68. The standard InChI is InChI=1S/C20H19N7O2/c1-11-2-3-12-9-15(6-7-16(12)22-11)27-18-17(25-26-27)10-21-20(24-18)23-14-5-4-13(8-14)19(28)29/h2-3,6-7,9-10,13-14H,4-5,8H2,1H3,(H,28,29)(H,21,23,24).